The Balaban J connectivity index is 2.02. The zero-order valence-electron chi connectivity index (χ0n) is 13.8. The van der Waals surface area contributed by atoms with Crippen LogP contribution in [0.4, 0.5) is 5.69 Å². The Bertz CT molecular complexity index is 788. The van der Waals surface area contributed by atoms with Gasteiger partial charge in [0.1, 0.15) is 0 Å². The molecule has 0 aromatic heterocycles. The average Bonchev–Trinajstić information content (AvgIpc) is 2.56. The van der Waals surface area contributed by atoms with Gasteiger partial charge in [0.25, 0.3) is 0 Å². The molecule has 0 bridgehead atoms. The summed E-state index contributed by atoms with van der Waals surface area (Å²) in [6.07, 6.45) is 0. The minimum absolute atomic E-state index is 0.132. The summed E-state index contributed by atoms with van der Waals surface area (Å²) in [7, 11) is -0.503. The Morgan fingerprint density at radius 3 is 2.17 bits per heavy atom. The molecule has 0 unspecified atom stereocenters. The first-order valence-electron chi connectivity index (χ1n) is 7.36. The van der Waals surface area contributed by atoms with E-state index in [0.717, 1.165) is 9.20 Å². The number of benzene rings is 2. The standard InChI is InChI=1S/C17H20N2O3S2/c1-13(23-15-7-5-4-6-8-15)17(20)18-14-9-11-16(12-10-14)24(21,22)19(2)3/h4-13H,1-3H3,(H,18,20)/t13-/m0/s1. The van der Waals surface area contributed by atoms with E-state index >= 15 is 0 Å². The predicted molar refractivity (Wildman–Crippen MR) is 97.7 cm³/mol. The number of carbonyl (C=O) groups excluding carboxylic acids is 1. The van der Waals surface area contributed by atoms with Gasteiger partial charge in [0.15, 0.2) is 0 Å². The van der Waals surface area contributed by atoms with Gasteiger partial charge in [-0.3, -0.25) is 4.79 Å². The van der Waals surface area contributed by atoms with E-state index in [2.05, 4.69) is 5.32 Å². The quantitative estimate of drug-likeness (QED) is 0.800. The highest BCUT2D eigenvalue weighted by Crippen LogP contribution is 2.24. The van der Waals surface area contributed by atoms with Crippen molar-refractivity contribution >= 4 is 33.4 Å². The van der Waals surface area contributed by atoms with Gasteiger partial charge in [0.05, 0.1) is 10.1 Å². The first-order valence-corrected chi connectivity index (χ1v) is 9.68. The maximum atomic E-state index is 12.2. The second-order valence-corrected chi connectivity index (χ2v) is 8.94. The Hall–Kier alpha value is -1.83. The van der Waals surface area contributed by atoms with Crippen molar-refractivity contribution in [2.75, 3.05) is 19.4 Å². The number of sulfonamides is 1. The van der Waals surface area contributed by atoms with Gasteiger partial charge >= 0.3 is 0 Å². The fourth-order valence-corrected chi connectivity index (χ4v) is 3.71. The molecule has 24 heavy (non-hydrogen) atoms. The first-order chi connectivity index (χ1) is 11.3. The molecule has 1 amide bonds. The summed E-state index contributed by atoms with van der Waals surface area (Å²) in [4.78, 5) is 13.5. The van der Waals surface area contributed by atoms with Crippen LogP contribution < -0.4 is 5.32 Å². The van der Waals surface area contributed by atoms with Crippen molar-refractivity contribution in [2.45, 2.75) is 22.0 Å². The number of nitrogens with one attached hydrogen (secondary N) is 1. The molecule has 128 valence electrons. The molecule has 5 nitrogen and oxygen atoms in total. The van der Waals surface area contributed by atoms with Crippen LogP contribution in [0.15, 0.2) is 64.4 Å². The van der Waals surface area contributed by atoms with Gasteiger partial charge in [0, 0.05) is 24.7 Å². The largest absolute Gasteiger partial charge is 0.325 e. The summed E-state index contributed by atoms with van der Waals surface area (Å²) in [5.41, 5.74) is 0.568. The first kappa shape index (κ1) is 18.5. The second-order valence-electron chi connectivity index (χ2n) is 5.37. The van der Waals surface area contributed by atoms with Gasteiger partial charge in [0.2, 0.25) is 15.9 Å². The molecule has 2 aromatic rings. The molecule has 0 radical (unpaired) electrons. The van der Waals surface area contributed by atoms with Gasteiger partial charge in [-0.25, -0.2) is 12.7 Å². The molecule has 1 atom stereocenters. The molecule has 0 saturated heterocycles. The van der Waals surface area contributed by atoms with Crippen molar-refractivity contribution in [3.63, 3.8) is 0 Å². The lowest BCUT2D eigenvalue weighted by atomic mass is 10.3. The number of carbonyl (C=O) groups is 1. The zero-order valence-corrected chi connectivity index (χ0v) is 15.4. The minimum atomic E-state index is -3.46. The molecule has 0 saturated carbocycles. The van der Waals surface area contributed by atoms with Crippen molar-refractivity contribution in [3.8, 4) is 0 Å². The van der Waals surface area contributed by atoms with Crippen LogP contribution in [0.5, 0.6) is 0 Å². The molecule has 0 aliphatic carbocycles. The van der Waals surface area contributed by atoms with E-state index in [1.807, 2.05) is 37.3 Å². The van der Waals surface area contributed by atoms with Gasteiger partial charge in [-0.2, -0.15) is 0 Å². The number of hydrogen-bond acceptors (Lipinski definition) is 4. The molecule has 0 aliphatic rings. The summed E-state index contributed by atoms with van der Waals surface area (Å²) in [5, 5.41) is 2.54. The fourth-order valence-electron chi connectivity index (χ4n) is 1.92. The normalized spacial score (nSPS) is 12.8. The smallest absolute Gasteiger partial charge is 0.242 e. The topological polar surface area (TPSA) is 66.5 Å². The van der Waals surface area contributed by atoms with Crippen molar-refractivity contribution < 1.29 is 13.2 Å². The van der Waals surface area contributed by atoms with E-state index in [4.69, 9.17) is 0 Å². The van der Waals surface area contributed by atoms with Crippen LogP contribution in [0.1, 0.15) is 6.92 Å². The Morgan fingerprint density at radius 2 is 1.62 bits per heavy atom. The van der Waals surface area contributed by atoms with E-state index in [1.165, 1.54) is 38.0 Å². The van der Waals surface area contributed by atoms with Crippen molar-refractivity contribution in [1.82, 2.24) is 4.31 Å². The molecule has 7 heteroatoms. The minimum Gasteiger partial charge on any atom is -0.325 e. The third-order valence-corrected chi connectivity index (χ3v) is 6.27. The van der Waals surface area contributed by atoms with Crippen molar-refractivity contribution in [3.05, 3.63) is 54.6 Å². The number of nitrogens with zero attached hydrogens (tertiary/aromatic N) is 1. The van der Waals surface area contributed by atoms with Gasteiger partial charge in [-0.15, -0.1) is 11.8 Å². The molecule has 0 heterocycles. The molecular weight excluding hydrogens is 344 g/mol. The predicted octanol–water partition coefficient (Wildman–Crippen LogP) is 3.06. The molecular formula is C17H20N2O3S2. The highest BCUT2D eigenvalue weighted by atomic mass is 32.2. The SMILES string of the molecule is C[C@H](Sc1ccccc1)C(=O)Nc1ccc(S(=O)(=O)N(C)C)cc1. The van der Waals surface area contributed by atoms with E-state index < -0.39 is 10.0 Å². The molecule has 0 spiro atoms. The van der Waals surface area contributed by atoms with Crippen LogP contribution in [-0.4, -0.2) is 38.0 Å². The van der Waals surface area contributed by atoms with E-state index in [-0.39, 0.29) is 16.1 Å². The van der Waals surface area contributed by atoms with Crippen LogP contribution in [-0.2, 0) is 14.8 Å². The molecule has 2 aromatic carbocycles. The van der Waals surface area contributed by atoms with Gasteiger partial charge in [-0.1, -0.05) is 18.2 Å². The van der Waals surface area contributed by atoms with Crippen LogP contribution >= 0.6 is 11.8 Å². The summed E-state index contributed by atoms with van der Waals surface area (Å²) in [6, 6.07) is 15.8. The number of thioether (sulfide) groups is 1. The third-order valence-electron chi connectivity index (χ3n) is 3.33. The van der Waals surface area contributed by atoms with E-state index in [9.17, 15) is 13.2 Å². The number of rotatable bonds is 6. The fraction of sp³-hybridized carbons (Fsp3) is 0.235. The second kappa shape index (κ2) is 7.83. The van der Waals surface area contributed by atoms with E-state index in [1.54, 1.807) is 12.1 Å². The average molecular weight is 364 g/mol. The van der Waals surface area contributed by atoms with Crippen LogP contribution in [0.2, 0.25) is 0 Å². The lowest BCUT2D eigenvalue weighted by Crippen LogP contribution is -2.23. The monoisotopic (exact) mass is 364 g/mol. The highest BCUT2D eigenvalue weighted by Gasteiger charge is 2.18. The molecule has 2 rings (SSSR count). The highest BCUT2D eigenvalue weighted by molar-refractivity contribution is 8.00. The van der Waals surface area contributed by atoms with Gasteiger partial charge in [-0.05, 0) is 43.3 Å². The van der Waals surface area contributed by atoms with Gasteiger partial charge < -0.3 is 5.32 Å². The maximum absolute atomic E-state index is 12.2. The van der Waals surface area contributed by atoms with Crippen LogP contribution in [0.3, 0.4) is 0 Å². The van der Waals surface area contributed by atoms with Crippen LogP contribution in [0, 0.1) is 0 Å². The Kier molecular flexibility index (Phi) is 6.04. The van der Waals surface area contributed by atoms with E-state index in [0.29, 0.717) is 5.69 Å². The molecule has 0 fully saturated rings. The van der Waals surface area contributed by atoms with Crippen LogP contribution in [0.25, 0.3) is 0 Å². The maximum Gasteiger partial charge on any atom is 0.242 e. The lowest BCUT2D eigenvalue weighted by molar-refractivity contribution is -0.115. The molecule has 1 N–H and O–H groups in total. The lowest BCUT2D eigenvalue weighted by Gasteiger charge is -2.14. The number of amides is 1. The zero-order chi connectivity index (χ0) is 17.7. The summed E-state index contributed by atoms with van der Waals surface area (Å²) in [5.74, 6) is -0.132. The number of anilines is 1. The van der Waals surface area contributed by atoms with Crippen molar-refractivity contribution in [2.24, 2.45) is 0 Å². The van der Waals surface area contributed by atoms with Crippen molar-refractivity contribution in [1.29, 1.82) is 0 Å². The third kappa shape index (κ3) is 4.59. The number of hydrogen-bond donors (Lipinski definition) is 1. The Morgan fingerprint density at radius 1 is 1.04 bits per heavy atom. The summed E-state index contributed by atoms with van der Waals surface area (Å²) in [6.45, 7) is 1.83. The summed E-state index contributed by atoms with van der Waals surface area (Å²) < 4.78 is 25.2. The Labute approximate surface area is 147 Å². The summed E-state index contributed by atoms with van der Waals surface area (Å²) >= 11 is 1.47. The molecule has 0 aliphatic heterocycles.